The Morgan fingerprint density at radius 2 is 2.24 bits per heavy atom. The van der Waals surface area contributed by atoms with Crippen LogP contribution in [0.15, 0.2) is 11.2 Å². The van der Waals surface area contributed by atoms with Crippen molar-refractivity contribution in [3.63, 3.8) is 0 Å². The number of nitrogens with two attached hydrogens (primary N) is 1. The average Bonchev–Trinajstić information content (AvgIpc) is 3.07. The molecular weight excluding hydrogens is 232 g/mol. The van der Waals surface area contributed by atoms with Crippen molar-refractivity contribution in [3.8, 4) is 0 Å². The van der Waals surface area contributed by atoms with Crippen molar-refractivity contribution >= 4 is 23.4 Å². The summed E-state index contributed by atoms with van der Waals surface area (Å²) >= 11 is 1.51. The molecule has 0 atom stereocenters. The van der Waals surface area contributed by atoms with Gasteiger partial charge >= 0.3 is 0 Å². The summed E-state index contributed by atoms with van der Waals surface area (Å²) in [6, 6.07) is 1.81. The van der Waals surface area contributed by atoms with Gasteiger partial charge < -0.3 is 11.1 Å². The van der Waals surface area contributed by atoms with E-state index in [-0.39, 0.29) is 0 Å². The van der Waals surface area contributed by atoms with Crippen molar-refractivity contribution in [1.29, 1.82) is 0 Å². The summed E-state index contributed by atoms with van der Waals surface area (Å²) in [7, 11) is 0. The summed E-state index contributed by atoms with van der Waals surface area (Å²) in [5, 5.41) is 4.13. The van der Waals surface area contributed by atoms with E-state index >= 15 is 0 Å². The molecule has 5 heteroatoms. The van der Waals surface area contributed by atoms with E-state index in [1.54, 1.807) is 0 Å². The van der Waals surface area contributed by atoms with E-state index in [1.165, 1.54) is 37.4 Å². The largest absolute Gasteiger partial charge is 0.383 e. The van der Waals surface area contributed by atoms with Crippen LogP contribution in [0.25, 0.3) is 0 Å². The molecular formula is C12H20N4S. The van der Waals surface area contributed by atoms with Crippen LogP contribution in [-0.2, 0) is 0 Å². The van der Waals surface area contributed by atoms with E-state index in [4.69, 9.17) is 5.73 Å². The number of hydrogen-bond acceptors (Lipinski definition) is 5. The lowest BCUT2D eigenvalue weighted by atomic mass is 10.0. The van der Waals surface area contributed by atoms with Crippen LogP contribution in [-0.4, -0.2) is 22.8 Å². The number of rotatable bonds is 6. The first-order valence-corrected chi connectivity index (χ1v) is 7.32. The van der Waals surface area contributed by atoms with Crippen LogP contribution in [0.5, 0.6) is 0 Å². The molecule has 0 amide bonds. The van der Waals surface area contributed by atoms with E-state index < -0.39 is 0 Å². The van der Waals surface area contributed by atoms with Crippen molar-refractivity contribution in [2.75, 3.05) is 23.9 Å². The maximum absolute atomic E-state index is 5.74. The third-order valence-electron chi connectivity index (χ3n) is 3.29. The Morgan fingerprint density at radius 3 is 2.82 bits per heavy atom. The highest BCUT2D eigenvalue weighted by molar-refractivity contribution is 7.98. The molecule has 0 saturated heterocycles. The predicted octanol–water partition coefficient (Wildman–Crippen LogP) is 2.77. The number of hydrogen-bond donors (Lipinski definition) is 2. The topological polar surface area (TPSA) is 63.8 Å². The van der Waals surface area contributed by atoms with Gasteiger partial charge in [0.05, 0.1) is 0 Å². The smallest absolute Gasteiger partial charge is 0.191 e. The Balaban J connectivity index is 1.97. The summed E-state index contributed by atoms with van der Waals surface area (Å²) in [6.07, 6.45) is 7.19. The molecule has 1 saturated carbocycles. The number of nitrogens with zero attached hydrogens (tertiary/aromatic N) is 2. The van der Waals surface area contributed by atoms with Crippen LogP contribution in [0, 0.1) is 5.41 Å². The SMILES string of the molecule is CCCC1(CNc2cc(N)nc(SC)n2)CC1. The van der Waals surface area contributed by atoms with Gasteiger partial charge in [0.25, 0.3) is 0 Å². The first-order valence-electron chi connectivity index (χ1n) is 6.10. The fraction of sp³-hybridized carbons (Fsp3) is 0.667. The van der Waals surface area contributed by atoms with Crippen molar-refractivity contribution < 1.29 is 0 Å². The molecule has 3 N–H and O–H groups in total. The maximum Gasteiger partial charge on any atom is 0.191 e. The number of anilines is 2. The molecule has 1 aliphatic carbocycles. The summed E-state index contributed by atoms with van der Waals surface area (Å²) < 4.78 is 0. The molecule has 0 aromatic carbocycles. The third-order valence-corrected chi connectivity index (χ3v) is 3.84. The molecule has 2 rings (SSSR count). The number of nitrogen functional groups attached to an aromatic ring is 1. The highest BCUT2D eigenvalue weighted by atomic mass is 32.2. The molecule has 0 spiro atoms. The van der Waals surface area contributed by atoms with Gasteiger partial charge in [0.2, 0.25) is 0 Å². The molecule has 1 heterocycles. The fourth-order valence-corrected chi connectivity index (χ4v) is 2.51. The molecule has 0 unspecified atom stereocenters. The molecule has 94 valence electrons. The minimum atomic E-state index is 0.522. The lowest BCUT2D eigenvalue weighted by Crippen LogP contribution is -2.16. The molecule has 1 aromatic heterocycles. The van der Waals surface area contributed by atoms with Crippen molar-refractivity contribution in [3.05, 3.63) is 6.07 Å². The minimum Gasteiger partial charge on any atom is -0.383 e. The standard InChI is InChI=1S/C12H20N4S/c1-3-4-12(5-6-12)8-14-10-7-9(13)15-11(16-10)17-2/h7H,3-6,8H2,1-2H3,(H3,13,14,15,16). The monoisotopic (exact) mass is 252 g/mol. The second-order valence-electron chi connectivity index (χ2n) is 4.77. The van der Waals surface area contributed by atoms with Gasteiger partial charge in [-0.25, -0.2) is 9.97 Å². The Hall–Kier alpha value is -0.970. The second-order valence-corrected chi connectivity index (χ2v) is 5.54. The molecule has 0 aliphatic heterocycles. The van der Waals surface area contributed by atoms with Crippen molar-refractivity contribution in [2.24, 2.45) is 5.41 Å². The first kappa shape index (κ1) is 12.5. The van der Waals surface area contributed by atoms with Crippen molar-refractivity contribution in [1.82, 2.24) is 9.97 Å². The molecule has 0 radical (unpaired) electrons. The van der Waals surface area contributed by atoms with E-state index in [0.29, 0.717) is 11.2 Å². The van der Waals surface area contributed by atoms with Gasteiger partial charge in [-0.1, -0.05) is 25.1 Å². The Kier molecular flexibility index (Phi) is 3.76. The van der Waals surface area contributed by atoms with E-state index in [2.05, 4.69) is 22.2 Å². The van der Waals surface area contributed by atoms with Crippen LogP contribution in [0.2, 0.25) is 0 Å². The van der Waals surface area contributed by atoms with Crippen LogP contribution < -0.4 is 11.1 Å². The first-order chi connectivity index (χ1) is 8.17. The summed E-state index contributed by atoms with van der Waals surface area (Å²) in [6.45, 7) is 3.25. The Bertz CT molecular complexity index is 390. The summed E-state index contributed by atoms with van der Waals surface area (Å²) in [4.78, 5) is 8.54. The molecule has 1 fully saturated rings. The van der Waals surface area contributed by atoms with Gasteiger partial charge in [-0.15, -0.1) is 0 Å². The van der Waals surface area contributed by atoms with Gasteiger partial charge in [0.1, 0.15) is 11.6 Å². The van der Waals surface area contributed by atoms with E-state index in [1.807, 2.05) is 12.3 Å². The van der Waals surface area contributed by atoms with Gasteiger partial charge in [-0.3, -0.25) is 0 Å². The van der Waals surface area contributed by atoms with Gasteiger partial charge in [0.15, 0.2) is 5.16 Å². The van der Waals surface area contributed by atoms with Crippen LogP contribution in [0.4, 0.5) is 11.6 Å². The fourth-order valence-electron chi connectivity index (χ4n) is 2.13. The minimum absolute atomic E-state index is 0.522. The van der Waals surface area contributed by atoms with Crippen LogP contribution >= 0.6 is 11.8 Å². The molecule has 1 aromatic rings. The Labute approximate surface area is 107 Å². The zero-order valence-corrected chi connectivity index (χ0v) is 11.3. The quantitative estimate of drug-likeness (QED) is 0.602. The maximum atomic E-state index is 5.74. The lowest BCUT2D eigenvalue weighted by Gasteiger charge is -2.15. The number of nitrogens with one attached hydrogen (secondary N) is 1. The molecule has 17 heavy (non-hydrogen) atoms. The van der Waals surface area contributed by atoms with E-state index in [9.17, 15) is 0 Å². The number of thioether (sulfide) groups is 1. The molecule has 1 aliphatic rings. The summed E-state index contributed by atoms with van der Waals surface area (Å²) in [5.74, 6) is 1.39. The average molecular weight is 252 g/mol. The highest BCUT2D eigenvalue weighted by Crippen LogP contribution is 2.49. The molecule has 0 bridgehead atoms. The second kappa shape index (κ2) is 5.12. The Morgan fingerprint density at radius 1 is 1.47 bits per heavy atom. The zero-order valence-electron chi connectivity index (χ0n) is 10.5. The van der Waals surface area contributed by atoms with Crippen molar-refractivity contribution in [2.45, 2.75) is 37.8 Å². The highest BCUT2D eigenvalue weighted by Gasteiger charge is 2.41. The van der Waals surface area contributed by atoms with Gasteiger partial charge in [0, 0.05) is 12.6 Å². The predicted molar refractivity (Wildman–Crippen MR) is 73.3 cm³/mol. The summed E-state index contributed by atoms with van der Waals surface area (Å²) in [5.41, 5.74) is 6.27. The molecule has 4 nitrogen and oxygen atoms in total. The zero-order chi connectivity index (χ0) is 12.3. The third kappa shape index (κ3) is 3.25. The normalized spacial score (nSPS) is 16.8. The van der Waals surface area contributed by atoms with E-state index in [0.717, 1.165) is 17.5 Å². The number of aromatic nitrogens is 2. The van der Waals surface area contributed by atoms with Gasteiger partial charge in [-0.2, -0.15) is 0 Å². The van der Waals surface area contributed by atoms with Gasteiger partial charge in [-0.05, 0) is 30.9 Å². The lowest BCUT2D eigenvalue weighted by molar-refractivity contribution is 0.485. The van der Waals surface area contributed by atoms with Crippen LogP contribution in [0.1, 0.15) is 32.6 Å². The van der Waals surface area contributed by atoms with Crippen LogP contribution in [0.3, 0.4) is 0 Å².